The van der Waals surface area contributed by atoms with Gasteiger partial charge in [-0.05, 0) is 66.6 Å². The highest BCUT2D eigenvalue weighted by Crippen LogP contribution is 2.46. The Labute approximate surface area is 219 Å². The van der Waals surface area contributed by atoms with E-state index >= 15 is 0 Å². The molecule has 2 fully saturated rings. The molecule has 9 heteroatoms. The number of rotatable bonds is 3. The van der Waals surface area contributed by atoms with Crippen LogP contribution in [0.2, 0.25) is 5.02 Å². The second-order valence-electron chi connectivity index (χ2n) is 9.51. The zero-order chi connectivity index (χ0) is 25.7. The highest BCUT2D eigenvalue weighted by molar-refractivity contribution is 6.31. The predicted octanol–water partition coefficient (Wildman–Crippen LogP) is 3.87. The zero-order valence-electron chi connectivity index (χ0n) is 20.2. The highest BCUT2D eigenvalue weighted by Gasteiger charge is 2.63. The third kappa shape index (κ3) is 3.62. The maximum Gasteiger partial charge on any atom is 0.335 e. The smallest absolute Gasteiger partial charge is 0.335 e. The first kappa shape index (κ1) is 23.4. The molecule has 3 aliphatic heterocycles. The molecule has 0 radical (unpaired) electrons. The number of anilines is 3. The molecule has 2 saturated heterocycles. The average Bonchev–Trinajstić information content (AvgIpc) is 2.92. The molecule has 3 aromatic carbocycles. The van der Waals surface area contributed by atoms with Gasteiger partial charge in [0.05, 0.1) is 18.8 Å². The molecule has 1 N–H and O–H groups in total. The van der Waals surface area contributed by atoms with Crippen LogP contribution in [0.4, 0.5) is 21.9 Å². The third-order valence-electron chi connectivity index (χ3n) is 7.66. The van der Waals surface area contributed by atoms with Gasteiger partial charge < -0.3 is 14.5 Å². The van der Waals surface area contributed by atoms with Crippen molar-refractivity contribution in [2.75, 3.05) is 41.4 Å². The van der Waals surface area contributed by atoms with Crippen molar-refractivity contribution in [2.45, 2.75) is 12.5 Å². The largest absolute Gasteiger partial charge is 0.497 e. The SMILES string of the molecule is COc1ccc(N2C(=O)NC(=O)C3(Cc4ccccc4N4CCN(c5ccc(Cl)cc5)CC43)C2=O)cc1. The van der Waals surface area contributed by atoms with E-state index in [0.717, 1.165) is 21.8 Å². The van der Waals surface area contributed by atoms with Gasteiger partial charge >= 0.3 is 6.03 Å². The summed E-state index contributed by atoms with van der Waals surface area (Å²) in [6.07, 6.45) is 0.198. The first-order valence-corrected chi connectivity index (χ1v) is 12.5. The number of imide groups is 2. The van der Waals surface area contributed by atoms with E-state index in [1.165, 1.54) is 0 Å². The molecule has 4 amide bonds. The van der Waals surface area contributed by atoms with Crippen molar-refractivity contribution < 1.29 is 19.1 Å². The summed E-state index contributed by atoms with van der Waals surface area (Å²) in [6, 6.07) is 20.8. The number of urea groups is 1. The number of nitrogens with one attached hydrogen (secondary N) is 1. The lowest BCUT2D eigenvalue weighted by Crippen LogP contribution is -2.75. The van der Waals surface area contributed by atoms with Crippen LogP contribution in [-0.4, -0.2) is 50.6 Å². The van der Waals surface area contributed by atoms with E-state index in [4.69, 9.17) is 16.3 Å². The number of benzene rings is 3. The van der Waals surface area contributed by atoms with Gasteiger partial charge in [-0.25, -0.2) is 9.69 Å². The number of ether oxygens (including phenoxy) is 1. The van der Waals surface area contributed by atoms with Crippen molar-refractivity contribution in [1.29, 1.82) is 0 Å². The predicted molar refractivity (Wildman–Crippen MR) is 141 cm³/mol. The van der Waals surface area contributed by atoms with Crippen LogP contribution in [-0.2, 0) is 16.0 Å². The van der Waals surface area contributed by atoms with Crippen molar-refractivity contribution in [3.8, 4) is 5.75 Å². The van der Waals surface area contributed by atoms with Gasteiger partial charge in [0, 0.05) is 36.0 Å². The Hall–Kier alpha value is -4.04. The molecule has 8 nitrogen and oxygen atoms in total. The normalized spacial score (nSPS) is 23.0. The molecule has 3 aliphatic rings. The number of carbonyl (C=O) groups is 3. The fourth-order valence-corrected chi connectivity index (χ4v) is 5.93. The molecule has 188 valence electrons. The van der Waals surface area contributed by atoms with Crippen molar-refractivity contribution in [2.24, 2.45) is 5.41 Å². The molecule has 6 rings (SSSR count). The number of para-hydroxylation sites is 1. The molecule has 3 aromatic rings. The number of hydrogen-bond acceptors (Lipinski definition) is 6. The quantitative estimate of drug-likeness (QED) is 0.532. The van der Waals surface area contributed by atoms with Gasteiger partial charge in [0.15, 0.2) is 5.41 Å². The molecule has 0 aromatic heterocycles. The number of halogens is 1. The van der Waals surface area contributed by atoms with Gasteiger partial charge in [0.25, 0.3) is 5.91 Å². The standard InChI is InChI=1S/C28H25ClN4O4/c1-37-22-12-10-21(11-13-22)33-26(35)28(25(34)30-27(33)36)16-18-4-2-3-5-23(18)32-15-14-31(17-24(28)32)20-8-6-19(29)7-9-20/h2-13,24H,14-17H2,1H3,(H,30,34,36). The monoisotopic (exact) mass is 516 g/mol. The second-order valence-corrected chi connectivity index (χ2v) is 9.94. The lowest BCUT2D eigenvalue weighted by molar-refractivity contribution is -0.144. The van der Waals surface area contributed by atoms with Crippen LogP contribution in [0.25, 0.3) is 0 Å². The Morgan fingerprint density at radius 3 is 2.35 bits per heavy atom. The highest BCUT2D eigenvalue weighted by atomic mass is 35.5. The first-order chi connectivity index (χ1) is 17.9. The van der Waals surface area contributed by atoms with E-state index in [2.05, 4.69) is 15.1 Å². The van der Waals surface area contributed by atoms with E-state index in [9.17, 15) is 14.4 Å². The number of nitrogens with zero attached hydrogens (tertiary/aromatic N) is 3. The molecule has 1 spiro atoms. The van der Waals surface area contributed by atoms with Crippen molar-refractivity contribution in [3.63, 3.8) is 0 Å². The minimum absolute atomic E-state index is 0.198. The van der Waals surface area contributed by atoms with Gasteiger partial charge in [-0.2, -0.15) is 0 Å². The van der Waals surface area contributed by atoms with Crippen molar-refractivity contribution >= 4 is 46.5 Å². The maximum atomic E-state index is 14.4. The van der Waals surface area contributed by atoms with E-state index in [1.54, 1.807) is 31.4 Å². The second kappa shape index (κ2) is 8.81. The molecular weight excluding hydrogens is 492 g/mol. The third-order valence-corrected chi connectivity index (χ3v) is 7.91. The Kier molecular flexibility index (Phi) is 5.56. The number of barbiturate groups is 1. The molecular formula is C28H25ClN4O4. The summed E-state index contributed by atoms with van der Waals surface area (Å²) in [5, 5.41) is 3.15. The number of piperazine rings is 1. The molecule has 2 unspecified atom stereocenters. The summed E-state index contributed by atoms with van der Waals surface area (Å²) < 4.78 is 5.23. The summed E-state index contributed by atoms with van der Waals surface area (Å²) in [5.41, 5.74) is 1.78. The number of hydrogen-bond donors (Lipinski definition) is 1. The molecule has 0 bridgehead atoms. The summed E-state index contributed by atoms with van der Waals surface area (Å²) in [6.45, 7) is 1.75. The molecule has 37 heavy (non-hydrogen) atoms. The van der Waals surface area contributed by atoms with Crippen LogP contribution in [0, 0.1) is 5.41 Å². The molecule has 0 aliphatic carbocycles. The zero-order valence-corrected chi connectivity index (χ0v) is 20.9. The maximum absolute atomic E-state index is 14.4. The topological polar surface area (TPSA) is 82.2 Å². The van der Waals surface area contributed by atoms with E-state index in [0.29, 0.717) is 36.1 Å². The molecule has 0 saturated carbocycles. The van der Waals surface area contributed by atoms with Crippen molar-refractivity contribution in [1.82, 2.24) is 5.32 Å². The number of carbonyl (C=O) groups excluding carboxylic acids is 3. The Morgan fingerprint density at radius 2 is 1.62 bits per heavy atom. The van der Waals surface area contributed by atoms with E-state index < -0.39 is 29.3 Å². The fourth-order valence-electron chi connectivity index (χ4n) is 5.81. The van der Waals surface area contributed by atoms with Gasteiger partial charge in [-0.1, -0.05) is 29.8 Å². The minimum Gasteiger partial charge on any atom is -0.497 e. The van der Waals surface area contributed by atoms with Crippen molar-refractivity contribution in [3.05, 3.63) is 83.4 Å². The van der Waals surface area contributed by atoms with Gasteiger partial charge in [-0.3, -0.25) is 14.9 Å². The summed E-state index contributed by atoms with van der Waals surface area (Å²) in [4.78, 5) is 46.6. The fraction of sp³-hybridized carbons (Fsp3) is 0.250. The van der Waals surface area contributed by atoms with Crippen LogP contribution in [0.5, 0.6) is 5.75 Å². The van der Waals surface area contributed by atoms with Crippen LogP contribution < -0.4 is 24.8 Å². The van der Waals surface area contributed by atoms with Gasteiger partial charge in [-0.15, -0.1) is 0 Å². The summed E-state index contributed by atoms with van der Waals surface area (Å²) >= 11 is 6.11. The Morgan fingerprint density at radius 1 is 0.919 bits per heavy atom. The first-order valence-electron chi connectivity index (χ1n) is 12.1. The van der Waals surface area contributed by atoms with E-state index in [1.807, 2.05) is 48.5 Å². The molecule has 2 atom stereocenters. The average molecular weight is 517 g/mol. The summed E-state index contributed by atoms with van der Waals surface area (Å²) in [5.74, 6) is -0.480. The van der Waals surface area contributed by atoms with Crippen LogP contribution in [0.3, 0.4) is 0 Å². The number of amides is 4. The Balaban J connectivity index is 1.46. The lowest BCUT2D eigenvalue weighted by atomic mass is 9.67. The lowest BCUT2D eigenvalue weighted by Gasteiger charge is -2.55. The number of fused-ring (bicyclic) bond motifs is 4. The van der Waals surface area contributed by atoms with Crippen LogP contribution in [0.15, 0.2) is 72.8 Å². The number of methoxy groups -OCH3 is 1. The van der Waals surface area contributed by atoms with Gasteiger partial charge in [0.1, 0.15) is 5.75 Å². The Bertz CT molecular complexity index is 1390. The van der Waals surface area contributed by atoms with Crippen LogP contribution in [0.1, 0.15) is 5.56 Å². The molecule has 3 heterocycles. The van der Waals surface area contributed by atoms with Gasteiger partial charge in [0.2, 0.25) is 5.91 Å². The minimum atomic E-state index is -1.49. The summed E-state index contributed by atoms with van der Waals surface area (Å²) in [7, 11) is 1.55. The van der Waals surface area contributed by atoms with E-state index in [-0.39, 0.29) is 6.42 Å². The van der Waals surface area contributed by atoms with Crippen LogP contribution >= 0.6 is 11.6 Å².